The third-order valence-electron chi connectivity index (χ3n) is 2.70. The van der Waals surface area contributed by atoms with Crippen molar-refractivity contribution in [2.24, 2.45) is 5.14 Å². The molecule has 0 radical (unpaired) electrons. The summed E-state index contributed by atoms with van der Waals surface area (Å²) in [5.74, 6) is 0. The van der Waals surface area contributed by atoms with Crippen molar-refractivity contribution in [2.45, 2.75) is 4.90 Å². The van der Waals surface area contributed by atoms with E-state index in [0.29, 0.717) is 0 Å². The molecule has 0 spiro atoms. The molecule has 0 aliphatic carbocycles. The van der Waals surface area contributed by atoms with Crippen molar-refractivity contribution in [1.29, 1.82) is 0 Å². The maximum absolute atomic E-state index is 11.3. The molecule has 0 aliphatic rings. The van der Waals surface area contributed by atoms with Gasteiger partial charge in [-0.3, -0.25) is 4.98 Å². The van der Waals surface area contributed by atoms with Gasteiger partial charge in [0.05, 0.1) is 16.6 Å². The Hall–Kier alpha value is -1.92. The summed E-state index contributed by atoms with van der Waals surface area (Å²) in [5.41, 5.74) is 1.73. The summed E-state index contributed by atoms with van der Waals surface area (Å²) >= 11 is 0. The monoisotopic (exact) mass is 247 g/mol. The first-order valence-electron chi connectivity index (χ1n) is 4.94. The summed E-state index contributed by atoms with van der Waals surface area (Å²) in [6.07, 6.45) is 3.37. The van der Waals surface area contributed by atoms with Crippen LogP contribution in [-0.4, -0.2) is 18.4 Å². The zero-order chi connectivity index (χ0) is 12.0. The summed E-state index contributed by atoms with van der Waals surface area (Å²) in [6.45, 7) is 0. The second kappa shape index (κ2) is 3.28. The number of pyridine rings is 1. The van der Waals surface area contributed by atoms with Gasteiger partial charge < -0.3 is 4.98 Å². The molecule has 6 heteroatoms. The molecule has 3 N–H and O–H groups in total. The molecule has 2 heterocycles. The Morgan fingerprint density at radius 1 is 1.12 bits per heavy atom. The molecule has 0 bridgehead atoms. The molecule has 86 valence electrons. The van der Waals surface area contributed by atoms with Crippen LogP contribution in [0.5, 0.6) is 0 Å². The van der Waals surface area contributed by atoms with E-state index in [4.69, 9.17) is 5.14 Å². The third kappa shape index (κ3) is 1.58. The highest BCUT2D eigenvalue weighted by atomic mass is 32.2. The average Bonchev–Trinajstić information content (AvgIpc) is 2.65. The quantitative estimate of drug-likeness (QED) is 0.680. The van der Waals surface area contributed by atoms with Gasteiger partial charge in [0.15, 0.2) is 0 Å². The maximum atomic E-state index is 11.3. The molecule has 0 unspecified atom stereocenters. The minimum absolute atomic E-state index is 0.114. The molecular weight excluding hydrogens is 238 g/mol. The Balaban J connectivity index is 2.46. The number of nitrogens with zero attached hydrogens (tertiary/aromatic N) is 1. The van der Waals surface area contributed by atoms with Gasteiger partial charge in [-0.1, -0.05) is 0 Å². The number of benzene rings is 1. The van der Waals surface area contributed by atoms with Gasteiger partial charge in [0.1, 0.15) is 0 Å². The highest BCUT2D eigenvalue weighted by molar-refractivity contribution is 7.89. The van der Waals surface area contributed by atoms with Crippen LogP contribution in [0.2, 0.25) is 0 Å². The Morgan fingerprint density at radius 2 is 1.94 bits per heavy atom. The molecule has 1 aromatic carbocycles. The number of aromatic amines is 1. The molecule has 0 atom stereocenters. The number of nitrogens with two attached hydrogens (primary N) is 1. The van der Waals surface area contributed by atoms with Crippen LogP contribution < -0.4 is 5.14 Å². The van der Waals surface area contributed by atoms with Crippen molar-refractivity contribution in [1.82, 2.24) is 9.97 Å². The number of hydrogen-bond acceptors (Lipinski definition) is 3. The van der Waals surface area contributed by atoms with E-state index in [2.05, 4.69) is 9.97 Å². The van der Waals surface area contributed by atoms with Crippen LogP contribution in [0.4, 0.5) is 0 Å². The normalized spacial score (nSPS) is 12.3. The Kier molecular flexibility index (Phi) is 1.98. The lowest BCUT2D eigenvalue weighted by atomic mass is 10.2. The first-order chi connectivity index (χ1) is 8.05. The van der Waals surface area contributed by atoms with Crippen LogP contribution in [0.3, 0.4) is 0 Å². The van der Waals surface area contributed by atoms with Gasteiger partial charge in [-0.15, -0.1) is 0 Å². The van der Waals surface area contributed by atoms with Crippen molar-refractivity contribution in [2.75, 3.05) is 0 Å². The molecule has 0 fully saturated rings. The number of H-pyrrole nitrogens is 1. The SMILES string of the molecule is NS(=O)(=O)c1ccc2[nH]c3cnccc3c2c1. The van der Waals surface area contributed by atoms with E-state index in [1.807, 2.05) is 6.07 Å². The lowest BCUT2D eigenvalue weighted by molar-refractivity contribution is 0.598. The van der Waals surface area contributed by atoms with Crippen molar-refractivity contribution in [3.63, 3.8) is 0 Å². The summed E-state index contributed by atoms with van der Waals surface area (Å²) in [5, 5.41) is 6.87. The van der Waals surface area contributed by atoms with E-state index in [1.54, 1.807) is 24.5 Å². The predicted molar refractivity (Wildman–Crippen MR) is 65.0 cm³/mol. The maximum Gasteiger partial charge on any atom is 0.238 e. The third-order valence-corrected chi connectivity index (χ3v) is 3.61. The number of fused-ring (bicyclic) bond motifs is 3. The van der Waals surface area contributed by atoms with Crippen LogP contribution in [0, 0.1) is 0 Å². The van der Waals surface area contributed by atoms with Crippen LogP contribution >= 0.6 is 0 Å². The summed E-state index contributed by atoms with van der Waals surface area (Å²) in [7, 11) is -3.67. The first-order valence-corrected chi connectivity index (χ1v) is 6.48. The van der Waals surface area contributed by atoms with E-state index in [0.717, 1.165) is 21.8 Å². The van der Waals surface area contributed by atoms with E-state index in [9.17, 15) is 8.42 Å². The second-order valence-corrected chi connectivity index (χ2v) is 5.36. The smallest absolute Gasteiger partial charge is 0.238 e. The fourth-order valence-corrected chi connectivity index (χ4v) is 2.45. The Morgan fingerprint density at radius 3 is 2.71 bits per heavy atom. The zero-order valence-electron chi connectivity index (χ0n) is 8.71. The summed E-state index contributed by atoms with van der Waals surface area (Å²) < 4.78 is 22.6. The van der Waals surface area contributed by atoms with Gasteiger partial charge >= 0.3 is 0 Å². The van der Waals surface area contributed by atoms with Gasteiger partial charge in [0.25, 0.3) is 0 Å². The second-order valence-electron chi connectivity index (χ2n) is 3.80. The van der Waals surface area contributed by atoms with Crippen molar-refractivity contribution in [3.05, 3.63) is 36.7 Å². The molecule has 0 saturated carbocycles. The topological polar surface area (TPSA) is 88.8 Å². The van der Waals surface area contributed by atoms with Gasteiger partial charge in [0, 0.05) is 22.5 Å². The minimum atomic E-state index is -3.67. The number of nitrogens with one attached hydrogen (secondary N) is 1. The fraction of sp³-hybridized carbons (Fsp3) is 0. The highest BCUT2D eigenvalue weighted by Crippen LogP contribution is 2.26. The first kappa shape index (κ1) is 10.2. The highest BCUT2D eigenvalue weighted by Gasteiger charge is 2.10. The van der Waals surface area contributed by atoms with Gasteiger partial charge in [0.2, 0.25) is 10.0 Å². The summed E-state index contributed by atoms with van der Waals surface area (Å²) in [6, 6.07) is 6.60. The van der Waals surface area contributed by atoms with Gasteiger partial charge in [-0.05, 0) is 24.3 Å². The molecule has 17 heavy (non-hydrogen) atoms. The largest absolute Gasteiger partial charge is 0.353 e. The lowest BCUT2D eigenvalue weighted by Gasteiger charge is -1.97. The van der Waals surface area contributed by atoms with Crippen molar-refractivity contribution < 1.29 is 8.42 Å². The number of hydrogen-bond donors (Lipinski definition) is 2. The van der Waals surface area contributed by atoms with Crippen LogP contribution in [0.15, 0.2) is 41.6 Å². The number of sulfonamides is 1. The van der Waals surface area contributed by atoms with Crippen LogP contribution in [0.1, 0.15) is 0 Å². The van der Waals surface area contributed by atoms with E-state index >= 15 is 0 Å². The van der Waals surface area contributed by atoms with Gasteiger partial charge in [-0.25, -0.2) is 13.6 Å². The molecule has 2 aromatic heterocycles. The Labute approximate surface area is 97.3 Å². The van der Waals surface area contributed by atoms with Crippen molar-refractivity contribution in [3.8, 4) is 0 Å². The molecule has 5 nitrogen and oxygen atoms in total. The predicted octanol–water partition coefficient (Wildman–Crippen LogP) is 1.36. The van der Waals surface area contributed by atoms with E-state index in [1.165, 1.54) is 6.07 Å². The number of rotatable bonds is 1. The molecule has 0 aliphatic heterocycles. The van der Waals surface area contributed by atoms with Crippen LogP contribution in [0.25, 0.3) is 21.8 Å². The van der Waals surface area contributed by atoms with Crippen molar-refractivity contribution >= 4 is 31.8 Å². The minimum Gasteiger partial charge on any atom is -0.353 e. The lowest BCUT2D eigenvalue weighted by Crippen LogP contribution is -2.11. The Bertz CT molecular complexity index is 821. The molecule has 0 saturated heterocycles. The standard InChI is InChI=1S/C11H9N3O2S/c12-17(15,16)7-1-2-10-9(5-7)8-3-4-13-6-11(8)14-10/h1-6,14H,(H2,12,15,16). The molecule has 0 amide bonds. The molecule has 3 rings (SSSR count). The molecular formula is C11H9N3O2S. The number of primary sulfonamides is 1. The average molecular weight is 247 g/mol. The van der Waals surface area contributed by atoms with Crippen LogP contribution in [-0.2, 0) is 10.0 Å². The fourth-order valence-electron chi connectivity index (χ4n) is 1.91. The van der Waals surface area contributed by atoms with E-state index < -0.39 is 10.0 Å². The van der Waals surface area contributed by atoms with E-state index in [-0.39, 0.29) is 4.90 Å². The van der Waals surface area contributed by atoms with Gasteiger partial charge in [-0.2, -0.15) is 0 Å². The zero-order valence-corrected chi connectivity index (χ0v) is 9.53. The summed E-state index contributed by atoms with van der Waals surface area (Å²) in [4.78, 5) is 7.28. The molecule has 3 aromatic rings. The number of aromatic nitrogens is 2.